The van der Waals surface area contributed by atoms with E-state index in [0.717, 1.165) is 17.5 Å². The summed E-state index contributed by atoms with van der Waals surface area (Å²) in [7, 11) is 0. The van der Waals surface area contributed by atoms with Gasteiger partial charge in [0.2, 0.25) is 0 Å². The highest BCUT2D eigenvalue weighted by Crippen LogP contribution is 2.35. The van der Waals surface area contributed by atoms with E-state index in [9.17, 15) is 22.8 Å². The van der Waals surface area contributed by atoms with Gasteiger partial charge in [-0.3, -0.25) is 19.3 Å². The number of anilines is 2. The number of rotatable bonds is 3. The van der Waals surface area contributed by atoms with Crippen LogP contribution in [0, 0.1) is 20.8 Å². The molecule has 1 N–H and O–H groups in total. The lowest BCUT2D eigenvalue weighted by Crippen LogP contribution is -2.43. The maximum Gasteiger partial charge on any atom is 0.416 e. The first-order chi connectivity index (χ1) is 15.5. The summed E-state index contributed by atoms with van der Waals surface area (Å²) in [4.78, 5) is 32.0. The van der Waals surface area contributed by atoms with Crippen molar-refractivity contribution in [2.45, 2.75) is 39.9 Å². The van der Waals surface area contributed by atoms with Crippen LogP contribution < -0.4 is 10.2 Å². The lowest BCUT2D eigenvalue weighted by Gasteiger charge is -2.32. The zero-order valence-corrected chi connectivity index (χ0v) is 18.5. The van der Waals surface area contributed by atoms with Gasteiger partial charge in [0.05, 0.1) is 23.4 Å². The van der Waals surface area contributed by atoms with Gasteiger partial charge >= 0.3 is 6.18 Å². The predicted octanol–water partition coefficient (Wildman–Crippen LogP) is 4.70. The number of fused-ring (bicyclic) bond motifs is 1. The number of pyridine rings is 1. The zero-order chi connectivity index (χ0) is 24.1. The molecule has 0 spiro atoms. The van der Waals surface area contributed by atoms with Crippen molar-refractivity contribution < 1.29 is 22.8 Å². The number of nitrogens with zero attached hydrogens (tertiary/aromatic N) is 4. The van der Waals surface area contributed by atoms with Crippen molar-refractivity contribution in [2.24, 2.45) is 0 Å². The van der Waals surface area contributed by atoms with Crippen molar-refractivity contribution >= 4 is 23.2 Å². The summed E-state index contributed by atoms with van der Waals surface area (Å²) in [5, 5.41) is 7.00. The average Bonchev–Trinajstić information content (AvgIpc) is 3.15. The molecule has 2 aromatic heterocycles. The second kappa shape index (κ2) is 8.02. The molecule has 3 aromatic rings. The molecule has 1 atom stereocenters. The van der Waals surface area contributed by atoms with Crippen molar-refractivity contribution in [3.05, 3.63) is 70.3 Å². The van der Waals surface area contributed by atoms with Gasteiger partial charge < -0.3 is 10.2 Å². The van der Waals surface area contributed by atoms with Crippen LogP contribution in [0.4, 0.5) is 24.5 Å². The fraction of sp³-hybridized carbons (Fsp3) is 0.304. The van der Waals surface area contributed by atoms with Gasteiger partial charge in [0, 0.05) is 29.3 Å². The van der Waals surface area contributed by atoms with E-state index in [4.69, 9.17) is 0 Å². The third-order valence-electron chi connectivity index (χ3n) is 5.52. The Hall–Kier alpha value is -3.69. The smallest absolute Gasteiger partial charge is 0.322 e. The van der Waals surface area contributed by atoms with Gasteiger partial charge in [-0.1, -0.05) is 0 Å². The van der Waals surface area contributed by atoms with Crippen molar-refractivity contribution in [2.75, 3.05) is 16.8 Å². The van der Waals surface area contributed by atoms with Crippen LogP contribution in [-0.2, 0) is 6.18 Å². The predicted molar refractivity (Wildman–Crippen MR) is 116 cm³/mol. The summed E-state index contributed by atoms with van der Waals surface area (Å²) < 4.78 is 40.9. The summed E-state index contributed by atoms with van der Waals surface area (Å²) in [5.41, 5.74) is 1.77. The Morgan fingerprint density at radius 2 is 1.79 bits per heavy atom. The van der Waals surface area contributed by atoms with Crippen LogP contribution in [0.15, 0.2) is 36.5 Å². The van der Waals surface area contributed by atoms with Crippen LogP contribution in [0.25, 0.3) is 0 Å². The van der Waals surface area contributed by atoms with Crippen molar-refractivity contribution in [1.82, 2.24) is 14.8 Å². The lowest BCUT2D eigenvalue weighted by molar-refractivity contribution is -0.138. The quantitative estimate of drug-likeness (QED) is 0.619. The number of amides is 2. The molecule has 33 heavy (non-hydrogen) atoms. The number of nitrogens with one attached hydrogen (secondary N) is 1. The van der Waals surface area contributed by atoms with Crippen molar-refractivity contribution in [3.63, 3.8) is 0 Å². The van der Waals surface area contributed by atoms with Gasteiger partial charge in [-0.05, 0) is 63.6 Å². The Bertz CT molecular complexity index is 1250. The molecule has 1 aliphatic rings. The van der Waals surface area contributed by atoms with Crippen LogP contribution in [0.5, 0.6) is 0 Å². The minimum absolute atomic E-state index is 0.0147. The fourth-order valence-electron chi connectivity index (χ4n) is 4.09. The molecule has 1 unspecified atom stereocenters. The third kappa shape index (κ3) is 4.20. The van der Waals surface area contributed by atoms with Crippen molar-refractivity contribution in [1.29, 1.82) is 0 Å². The van der Waals surface area contributed by atoms with Crippen LogP contribution >= 0.6 is 0 Å². The number of aryl methyl sites for hydroxylation is 3. The van der Waals surface area contributed by atoms with Gasteiger partial charge in [0.25, 0.3) is 11.8 Å². The van der Waals surface area contributed by atoms with E-state index >= 15 is 0 Å². The molecule has 4 rings (SSSR count). The first-order valence-corrected chi connectivity index (χ1v) is 10.3. The molecule has 3 heterocycles. The average molecular weight is 457 g/mol. The number of carbonyl (C=O) groups is 2. The number of benzene rings is 1. The molecule has 2 amide bonds. The molecule has 0 bridgehead atoms. The number of hydrogen-bond acceptors (Lipinski definition) is 4. The topological polar surface area (TPSA) is 80.1 Å². The van der Waals surface area contributed by atoms with E-state index in [0.29, 0.717) is 11.4 Å². The largest absolute Gasteiger partial charge is 0.416 e. The van der Waals surface area contributed by atoms with Gasteiger partial charge in [0.1, 0.15) is 5.69 Å². The Labute approximate surface area is 188 Å². The minimum atomic E-state index is -4.48. The van der Waals surface area contributed by atoms with Crippen LogP contribution in [0.2, 0.25) is 0 Å². The maximum atomic E-state index is 13.4. The highest BCUT2D eigenvalue weighted by molar-refractivity contribution is 6.15. The summed E-state index contributed by atoms with van der Waals surface area (Å²) >= 11 is 0. The van der Waals surface area contributed by atoms with E-state index in [1.165, 1.54) is 34.8 Å². The minimum Gasteiger partial charge on any atom is -0.322 e. The highest BCUT2D eigenvalue weighted by atomic mass is 19.4. The van der Waals surface area contributed by atoms with Crippen LogP contribution in [-0.4, -0.2) is 33.1 Å². The molecule has 1 aromatic carbocycles. The van der Waals surface area contributed by atoms with Gasteiger partial charge in [-0.15, -0.1) is 0 Å². The molecule has 0 fully saturated rings. The third-order valence-corrected chi connectivity index (χ3v) is 5.52. The molecular formula is C23H22F3N5O2. The second-order valence-corrected chi connectivity index (χ2v) is 8.21. The zero-order valence-electron chi connectivity index (χ0n) is 18.5. The Kier molecular flexibility index (Phi) is 5.47. The number of hydrogen-bond donors (Lipinski definition) is 1. The number of alkyl halides is 3. The molecule has 0 aliphatic carbocycles. The van der Waals surface area contributed by atoms with Gasteiger partial charge in [-0.2, -0.15) is 18.3 Å². The van der Waals surface area contributed by atoms with Crippen molar-refractivity contribution in [3.8, 4) is 0 Å². The van der Waals surface area contributed by atoms with E-state index in [1.807, 2.05) is 6.92 Å². The van der Waals surface area contributed by atoms with E-state index in [2.05, 4.69) is 15.4 Å². The molecule has 0 radical (unpaired) electrons. The molecule has 1 aliphatic heterocycles. The number of aromatic nitrogens is 3. The normalized spacial score (nSPS) is 16.0. The van der Waals surface area contributed by atoms with Crippen LogP contribution in [0.1, 0.15) is 56.3 Å². The maximum absolute atomic E-state index is 13.4. The van der Waals surface area contributed by atoms with E-state index in [-0.39, 0.29) is 29.4 Å². The Balaban J connectivity index is 1.67. The number of carbonyl (C=O) groups excluding carboxylic acids is 2. The second-order valence-electron chi connectivity index (χ2n) is 8.21. The molecule has 172 valence electrons. The molecule has 10 heteroatoms. The first-order valence-electron chi connectivity index (χ1n) is 10.3. The first kappa shape index (κ1) is 22.5. The monoisotopic (exact) mass is 457 g/mol. The van der Waals surface area contributed by atoms with Gasteiger partial charge in [0.15, 0.2) is 0 Å². The molecule has 0 saturated heterocycles. The fourth-order valence-corrected chi connectivity index (χ4v) is 4.09. The van der Waals surface area contributed by atoms with Crippen LogP contribution in [0.3, 0.4) is 0 Å². The Morgan fingerprint density at radius 1 is 1.12 bits per heavy atom. The van der Waals surface area contributed by atoms with E-state index in [1.54, 1.807) is 26.0 Å². The lowest BCUT2D eigenvalue weighted by atomic mass is 10.0. The Morgan fingerprint density at radius 3 is 2.39 bits per heavy atom. The number of halogens is 3. The van der Waals surface area contributed by atoms with E-state index < -0.39 is 23.6 Å². The highest BCUT2D eigenvalue weighted by Gasteiger charge is 2.37. The molecular weight excluding hydrogens is 435 g/mol. The van der Waals surface area contributed by atoms with Gasteiger partial charge in [-0.25, -0.2) is 0 Å². The molecule has 0 saturated carbocycles. The summed E-state index contributed by atoms with van der Waals surface area (Å²) in [6.45, 7) is 7.00. The standard InChI is InChI=1S/C23H22F3N5O2/c1-12-7-17(5-6-19(12)23(24,25)26)30-11-15(4)31-20(22(30)33)18(10-27-31)21(32)29-16-8-13(2)28-14(3)9-16/h5-10,15H,11H2,1-4H3,(H,28,29,32). The summed E-state index contributed by atoms with van der Waals surface area (Å²) in [6.07, 6.45) is -3.14. The molecule has 7 nitrogen and oxygen atoms in total. The SMILES string of the molecule is Cc1cc(NC(=O)c2cnn3c2C(=O)N(c2ccc(C(F)(F)F)c(C)c2)CC3C)cc(C)n1. The summed E-state index contributed by atoms with van der Waals surface area (Å²) in [6, 6.07) is 6.71. The summed E-state index contributed by atoms with van der Waals surface area (Å²) in [5.74, 6) is -1.01.